The van der Waals surface area contributed by atoms with Crippen molar-refractivity contribution in [3.05, 3.63) is 24.3 Å². The molecule has 1 aromatic heterocycles. The van der Waals surface area contributed by atoms with Crippen LogP contribution >= 0.6 is 0 Å². The fourth-order valence-electron chi connectivity index (χ4n) is 0.698. The summed E-state index contributed by atoms with van der Waals surface area (Å²) in [6.07, 6.45) is 4.72. The lowest BCUT2D eigenvalue weighted by Crippen LogP contribution is -2.31. The third-order valence-electron chi connectivity index (χ3n) is 1.19. The highest BCUT2D eigenvalue weighted by Crippen LogP contribution is 1.91. The van der Waals surface area contributed by atoms with Gasteiger partial charge in [0, 0.05) is 19.4 Å². The largest absolute Gasteiger partial charge is 0.308 e. The summed E-state index contributed by atoms with van der Waals surface area (Å²) in [6, 6.07) is 0. The van der Waals surface area contributed by atoms with Crippen LogP contribution in [0, 0.1) is 0 Å². The van der Waals surface area contributed by atoms with Crippen molar-refractivity contribution in [3.8, 4) is 0 Å². The zero-order valence-electron chi connectivity index (χ0n) is 6.15. The SMILES string of the molecule is CN=C(NN)c1cncnc1. The number of rotatable bonds is 1. The Bertz CT molecular complexity index is 242. The van der Waals surface area contributed by atoms with Gasteiger partial charge in [-0.1, -0.05) is 0 Å². The Hall–Kier alpha value is -1.49. The van der Waals surface area contributed by atoms with E-state index in [0.717, 1.165) is 5.56 Å². The summed E-state index contributed by atoms with van der Waals surface area (Å²) in [5, 5.41) is 0. The molecule has 0 saturated carbocycles. The van der Waals surface area contributed by atoms with Crippen LogP contribution in [0.5, 0.6) is 0 Å². The van der Waals surface area contributed by atoms with Crippen molar-refractivity contribution < 1.29 is 0 Å². The first kappa shape index (κ1) is 7.62. The highest BCUT2D eigenvalue weighted by molar-refractivity contribution is 5.97. The van der Waals surface area contributed by atoms with Gasteiger partial charge < -0.3 is 5.43 Å². The Morgan fingerprint density at radius 3 is 2.64 bits per heavy atom. The van der Waals surface area contributed by atoms with Crippen LogP contribution in [-0.2, 0) is 0 Å². The van der Waals surface area contributed by atoms with Crippen LogP contribution < -0.4 is 11.3 Å². The summed E-state index contributed by atoms with van der Waals surface area (Å²) in [5.74, 6) is 5.75. The molecule has 0 spiro atoms. The summed E-state index contributed by atoms with van der Waals surface area (Å²) >= 11 is 0. The molecule has 5 nitrogen and oxygen atoms in total. The molecule has 3 N–H and O–H groups in total. The van der Waals surface area contributed by atoms with Crippen molar-refractivity contribution in [3.63, 3.8) is 0 Å². The van der Waals surface area contributed by atoms with Crippen LogP contribution in [0.1, 0.15) is 5.56 Å². The second-order valence-electron chi connectivity index (χ2n) is 1.84. The second kappa shape index (κ2) is 3.62. The number of aliphatic imine (C=N–C) groups is 1. The lowest BCUT2D eigenvalue weighted by Gasteiger charge is -2.01. The Labute approximate surface area is 64.4 Å². The summed E-state index contributed by atoms with van der Waals surface area (Å²) in [5.41, 5.74) is 3.21. The van der Waals surface area contributed by atoms with Crippen LogP contribution in [0.4, 0.5) is 0 Å². The van der Waals surface area contributed by atoms with Gasteiger partial charge in [-0.25, -0.2) is 15.8 Å². The zero-order chi connectivity index (χ0) is 8.10. The highest BCUT2D eigenvalue weighted by Gasteiger charge is 1.97. The van der Waals surface area contributed by atoms with E-state index in [0.29, 0.717) is 5.84 Å². The van der Waals surface area contributed by atoms with Crippen LogP contribution in [0.2, 0.25) is 0 Å². The molecule has 0 aliphatic heterocycles. The minimum Gasteiger partial charge on any atom is -0.308 e. The molecule has 0 bridgehead atoms. The van der Waals surface area contributed by atoms with Gasteiger partial charge >= 0.3 is 0 Å². The molecule has 5 heteroatoms. The van der Waals surface area contributed by atoms with E-state index in [9.17, 15) is 0 Å². The molecule has 0 radical (unpaired) electrons. The molecule has 0 unspecified atom stereocenters. The van der Waals surface area contributed by atoms with E-state index in [1.54, 1.807) is 19.4 Å². The van der Waals surface area contributed by atoms with E-state index in [-0.39, 0.29) is 0 Å². The van der Waals surface area contributed by atoms with Crippen molar-refractivity contribution in [1.82, 2.24) is 15.4 Å². The Morgan fingerprint density at radius 1 is 1.55 bits per heavy atom. The standard InChI is InChI=1S/C6H9N5/c1-8-6(11-7)5-2-9-4-10-3-5/h2-4H,7H2,1H3,(H,8,11). The fourth-order valence-corrected chi connectivity index (χ4v) is 0.698. The smallest absolute Gasteiger partial charge is 0.145 e. The maximum absolute atomic E-state index is 5.18. The summed E-state index contributed by atoms with van der Waals surface area (Å²) < 4.78 is 0. The molecule has 11 heavy (non-hydrogen) atoms. The van der Waals surface area contributed by atoms with E-state index in [1.807, 2.05) is 0 Å². The minimum absolute atomic E-state index is 0.575. The summed E-state index contributed by atoms with van der Waals surface area (Å²) in [7, 11) is 1.64. The molecule has 0 atom stereocenters. The third-order valence-corrected chi connectivity index (χ3v) is 1.19. The number of hydrogen-bond acceptors (Lipinski definition) is 4. The maximum Gasteiger partial charge on any atom is 0.145 e. The van der Waals surface area contributed by atoms with Crippen LogP contribution in [0.25, 0.3) is 0 Å². The molecule has 0 aliphatic carbocycles. The molecule has 58 valence electrons. The average molecular weight is 151 g/mol. The quantitative estimate of drug-likeness (QED) is 0.241. The van der Waals surface area contributed by atoms with Crippen molar-refractivity contribution in [1.29, 1.82) is 0 Å². The van der Waals surface area contributed by atoms with Gasteiger partial charge in [0.25, 0.3) is 0 Å². The summed E-state index contributed by atoms with van der Waals surface area (Å²) in [6.45, 7) is 0. The van der Waals surface area contributed by atoms with Gasteiger partial charge in [-0.15, -0.1) is 0 Å². The number of nitrogens with zero attached hydrogens (tertiary/aromatic N) is 3. The molecule has 0 saturated heterocycles. The van der Waals surface area contributed by atoms with Crippen molar-refractivity contribution >= 4 is 5.84 Å². The Kier molecular flexibility index (Phi) is 2.51. The molecule has 0 aromatic carbocycles. The van der Waals surface area contributed by atoms with Gasteiger partial charge in [0.15, 0.2) is 0 Å². The monoisotopic (exact) mass is 151 g/mol. The average Bonchev–Trinajstić information content (AvgIpc) is 2.09. The van der Waals surface area contributed by atoms with Crippen molar-refractivity contribution in [2.24, 2.45) is 10.8 Å². The lowest BCUT2D eigenvalue weighted by molar-refractivity contribution is 1.01. The lowest BCUT2D eigenvalue weighted by atomic mass is 10.3. The van der Waals surface area contributed by atoms with Crippen LogP contribution in [-0.4, -0.2) is 22.9 Å². The fraction of sp³-hybridized carbons (Fsp3) is 0.167. The number of hydrazine groups is 1. The number of aromatic nitrogens is 2. The highest BCUT2D eigenvalue weighted by atomic mass is 15.2. The summed E-state index contributed by atoms with van der Waals surface area (Å²) in [4.78, 5) is 11.5. The van der Waals surface area contributed by atoms with Gasteiger partial charge in [-0.05, 0) is 0 Å². The maximum atomic E-state index is 5.18. The molecular weight excluding hydrogens is 142 g/mol. The molecule has 0 fully saturated rings. The van der Waals surface area contributed by atoms with Crippen molar-refractivity contribution in [2.75, 3.05) is 7.05 Å². The number of hydrogen-bond donors (Lipinski definition) is 2. The molecule has 0 aliphatic rings. The van der Waals surface area contributed by atoms with Crippen molar-refractivity contribution in [2.45, 2.75) is 0 Å². The van der Waals surface area contributed by atoms with E-state index in [4.69, 9.17) is 5.84 Å². The van der Waals surface area contributed by atoms with Gasteiger partial charge in [-0.3, -0.25) is 4.99 Å². The zero-order valence-corrected chi connectivity index (χ0v) is 6.15. The molecule has 1 heterocycles. The first-order valence-electron chi connectivity index (χ1n) is 3.07. The Morgan fingerprint density at radius 2 is 2.18 bits per heavy atom. The minimum atomic E-state index is 0.575. The third kappa shape index (κ3) is 1.71. The number of nitrogens with two attached hydrogens (primary N) is 1. The first-order valence-corrected chi connectivity index (χ1v) is 3.07. The number of nitrogens with one attached hydrogen (secondary N) is 1. The predicted molar refractivity (Wildman–Crippen MR) is 41.8 cm³/mol. The van der Waals surface area contributed by atoms with Gasteiger partial charge in [0.2, 0.25) is 0 Å². The molecule has 0 amide bonds. The Balaban J connectivity index is 2.92. The van der Waals surface area contributed by atoms with E-state index in [1.165, 1.54) is 6.33 Å². The van der Waals surface area contributed by atoms with Gasteiger partial charge in [0.05, 0.1) is 5.56 Å². The van der Waals surface area contributed by atoms with Crippen LogP contribution in [0.15, 0.2) is 23.7 Å². The number of amidine groups is 1. The molecule has 1 rings (SSSR count). The van der Waals surface area contributed by atoms with E-state index >= 15 is 0 Å². The van der Waals surface area contributed by atoms with Gasteiger partial charge in [-0.2, -0.15) is 0 Å². The van der Waals surface area contributed by atoms with Gasteiger partial charge in [0.1, 0.15) is 12.2 Å². The first-order chi connectivity index (χ1) is 5.38. The second-order valence-corrected chi connectivity index (χ2v) is 1.84. The van der Waals surface area contributed by atoms with E-state index in [2.05, 4.69) is 20.4 Å². The molecular formula is C6H9N5. The molecule has 1 aromatic rings. The van der Waals surface area contributed by atoms with E-state index < -0.39 is 0 Å². The normalized spacial score (nSPS) is 11.3. The van der Waals surface area contributed by atoms with Crippen LogP contribution in [0.3, 0.4) is 0 Å². The topological polar surface area (TPSA) is 76.2 Å². The predicted octanol–water partition coefficient (Wildman–Crippen LogP) is -0.684.